The first kappa shape index (κ1) is 18.6. The number of β-lactam (4-membered cyclic amide) rings is 1. The molecule has 3 N–H and O–H groups in total. The van der Waals surface area contributed by atoms with E-state index in [4.69, 9.17) is 15.2 Å². The van der Waals surface area contributed by atoms with Gasteiger partial charge < -0.3 is 15.2 Å². The predicted molar refractivity (Wildman–Crippen MR) is 88.7 cm³/mol. The first-order valence-electron chi connectivity index (χ1n) is 7.65. The number of hydrogen-bond donors (Lipinski definition) is 2. The maximum Gasteiger partial charge on any atom is 0.411 e. The van der Waals surface area contributed by atoms with Crippen molar-refractivity contribution >= 4 is 29.7 Å². The number of fused-ring (bicyclic) bond motifs is 1. The highest BCUT2D eigenvalue weighted by molar-refractivity contribution is 8.00. The summed E-state index contributed by atoms with van der Waals surface area (Å²) in [7, 11) is 0. The maximum atomic E-state index is 12.6. The van der Waals surface area contributed by atoms with Gasteiger partial charge in [-0.15, -0.1) is 11.8 Å². The van der Waals surface area contributed by atoms with Gasteiger partial charge in [-0.05, 0) is 34.6 Å². The lowest BCUT2D eigenvalue weighted by molar-refractivity contribution is -0.158. The largest absolute Gasteiger partial charge is 0.455 e. The zero-order valence-corrected chi connectivity index (χ0v) is 15.2. The molecule has 0 radical (unpaired) electrons. The van der Waals surface area contributed by atoms with Gasteiger partial charge in [0, 0.05) is 5.75 Å². The Morgan fingerprint density at radius 3 is 2.54 bits per heavy atom. The molecule has 0 bridgehead atoms. The monoisotopic (exact) mass is 357 g/mol. The van der Waals surface area contributed by atoms with Crippen molar-refractivity contribution in [3.63, 3.8) is 0 Å². The molecule has 1 saturated heterocycles. The van der Waals surface area contributed by atoms with Crippen LogP contribution in [0.15, 0.2) is 11.4 Å². The summed E-state index contributed by atoms with van der Waals surface area (Å²) in [6.07, 6.45) is -0.990. The quantitative estimate of drug-likeness (QED) is 0.570. The molecule has 0 aromatic rings. The molecule has 24 heavy (non-hydrogen) atoms. The molecule has 0 spiro atoms. The SMILES string of the molecule is CC(C)OC(=O)NC1=C(C(=O)OC(C)(C)C)N2C(=O)C(N)[C@@H]2SC1. The zero-order chi connectivity index (χ0) is 18.2. The number of nitrogens with one attached hydrogen (secondary N) is 1. The fourth-order valence-corrected chi connectivity index (χ4v) is 3.52. The summed E-state index contributed by atoms with van der Waals surface area (Å²) >= 11 is 1.38. The Morgan fingerprint density at radius 1 is 1.38 bits per heavy atom. The van der Waals surface area contributed by atoms with Gasteiger partial charge in [-0.1, -0.05) is 0 Å². The first-order chi connectivity index (χ1) is 11.0. The predicted octanol–water partition coefficient (Wildman–Crippen LogP) is 0.917. The molecule has 0 saturated carbocycles. The number of amides is 2. The van der Waals surface area contributed by atoms with E-state index in [9.17, 15) is 14.4 Å². The van der Waals surface area contributed by atoms with Crippen LogP contribution in [0.5, 0.6) is 0 Å². The summed E-state index contributed by atoms with van der Waals surface area (Å²) in [5.74, 6) is -0.721. The van der Waals surface area contributed by atoms with Crippen LogP contribution in [-0.4, -0.2) is 51.7 Å². The van der Waals surface area contributed by atoms with E-state index in [1.165, 1.54) is 16.7 Å². The summed E-state index contributed by atoms with van der Waals surface area (Å²) in [5.41, 5.74) is 5.36. The molecular formula is C15H23N3O5S. The van der Waals surface area contributed by atoms with Gasteiger partial charge in [-0.3, -0.25) is 15.0 Å². The van der Waals surface area contributed by atoms with Gasteiger partial charge in [0.1, 0.15) is 17.0 Å². The van der Waals surface area contributed by atoms with Crippen molar-refractivity contribution in [2.75, 3.05) is 5.75 Å². The normalized spacial score (nSPS) is 23.6. The molecule has 2 rings (SSSR count). The smallest absolute Gasteiger partial charge is 0.411 e. The van der Waals surface area contributed by atoms with Gasteiger partial charge in [-0.2, -0.15) is 0 Å². The Hall–Kier alpha value is -1.74. The number of hydrogen-bond acceptors (Lipinski definition) is 7. The standard InChI is InChI=1S/C15H23N3O5S/c1-7(2)22-14(21)17-8-6-24-12-9(16)11(19)18(12)10(8)13(20)23-15(3,4)5/h7,9,12H,6,16H2,1-5H3,(H,17,21)/t9?,12-/m0/s1. The van der Waals surface area contributed by atoms with Crippen molar-refractivity contribution in [3.8, 4) is 0 Å². The number of ether oxygens (including phenoxy) is 2. The molecule has 1 unspecified atom stereocenters. The number of alkyl carbamates (subject to hydrolysis) is 1. The lowest BCUT2D eigenvalue weighted by atomic mass is 10.1. The van der Waals surface area contributed by atoms with Crippen LogP contribution >= 0.6 is 11.8 Å². The summed E-state index contributed by atoms with van der Waals surface area (Å²) in [6, 6.07) is -0.656. The summed E-state index contributed by atoms with van der Waals surface area (Å²) in [4.78, 5) is 37.8. The lowest BCUT2D eigenvalue weighted by Gasteiger charge is -2.48. The van der Waals surface area contributed by atoms with Gasteiger partial charge in [0.25, 0.3) is 0 Å². The summed E-state index contributed by atoms with van der Waals surface area (Å²) in [5, 5.41) is 2.22. The molecule has 9 heteroatoms. The molecule has 8 nitrogen and oxygen atoms in total. The van der Waals surface area contributed by atoms with Gasteiger partial charge in [0.15, 0.2) is 5.70 Å². The van der Waals surface area contributed by atoms with E-state index in [0.717, 1.165) is 0 Å². The topological polar surface area (TPSA) is 111 Å². The summed E-state index contributed by atoms with van der Waals surface area (Å²) < 4.78 is 10.4. The second-order valence-electron chi connectivity index (χ2n) is 6.84. The van der Waals surface area contributed by atoms with E-state index in [2.05, 4.69) is 5.32 Å². The Bertz CT molecular complexity index is 596. The maximum absolute atomic E-state index is 12.6. The molecule has 0 aromatic heterocycles. The summed E-state index contributed by atoms with van der Waals surface area (Å²) in [6.45, 7) is 8.61. The number of nitrogens with zero attached hydrogens (tertiary/aromatic N) is 1. The van der Waals surface area contributed by atoms with Crippen molar-refractivity contribution in [2.45, 2.75) is 57.7 Å². The third-order valence-electron chi connectivity index (χ3n) is 3.20. The minimum atomic E-state index is -0.732. The molecule has 1 fully saturated rings. The fraction of sp³-hybridized carbons (Fsp3) is 0.667. The van der Waals surface area contributed by atoms with Crippen molar-refractivity contribution < 1.29 is 23.9 Å². The van der Waals surface area contributed by atoms with Crippen molar-refractivity contribution in [1.29, 1.82) is 0 Å². The molecule has 2 heterocycles. The van der Waals surface area contributed by atoms with Gasteiger partial charge >= 0.3 is 12.1 Å². The third-order valence-corrected chi connectivity index (χ3v) is 4.50. The van der Waals surface area contributed by atoms with E-state index in [1.54, 1.807) is 34.6 Å². The molecule has 0 aromatic carbocycles. The number of nitrogens with two attached hydrogens (primary N) is 1. The van der Waals surface area contributed by atoms with E-state index in [0.29, 0.717) is 5.75 Å². The van der Waals surface area contributed by atoms with Crippen molar-refractivity contribution in [1.82, 2.24) is 10.2 Å². The van der Waals surface area contributed by atoms with E-state index in [1.807, 2.05) is 0 Å². The van der Waals surface area contributed by atoms with E-state index in [-0.39, 0.29) is 28.8 Å². The second-order valence-corrected chi connectivity index (χ2v) is 7.95. The van der Waals surface area contributed by atoms with Crippen LogP contribution in [0.2, 0.25) is 0 Å². The minimum absolute atomic E-state index is 0.0288. The Morgan fingerprint density at radius 2 is 2.00 bits per heavy atom. The van der Waals surface area contributed by atoms with Crippen molar-refractivity contribution in [3.05, 3.63) is 11.4 Å². The molecule has 2 aliphatic heterocycles. The van der Waals surface area contributed by atoms with Gasteiger partial charge in [0.2, 0.25) is 5.91 Å². The number of carbonyl (C=O) groups is 3. The second kappa shape index (κ2) is 6.64. The Kier molecular flexibility index (Phi) is 5.14. The van der Waals surface area contributed by atoms with Crippen molar-refractivity contribution in [2.24, 2.45) is 5.73 Å². The third kappa shape index (κ3) is 3.84. The number of thioether (sulfide) groups is 1. The average molecular weight is 357 g/mol. The van der Waals surface area contributed by atoms with E-state index < -0.39 is 23.7 Å². The zero-order valence-electron chi connectivity index (χ0n) is 14.4. The minimum Gasteiger partial charge on any atom is -0.455 e. The highest BCUT2D eigenvalue weighted by Crippen LogP contribution is 2.39. The molecule has 0 aliphatic carbocycles. The molecule has 2 aliphatic rings. The van der Waals surface area contributed by atoms with Crippen LogP contribution in [0.1, 0.15) is 34.6 Å². The fourth-order valence-electron chi connectivity index (χ4n) is 2.29. The highest BCUT2D eigenvalue weighted by atomic mass is 32.2. The van der Waals surface area contributed by atoms with Crippen LogP contribution in [-0.2, 0) is 19.1 Å². The van der Waals surface area contributed by atoms with Crippen LogP contribution in [0.3, 0.4) is 0 Å². The van der Waals surface area contributed by atoms with Crippen LogP contribution < -0.4 is 11.1 Å². The number of carbonyl (C=O) groups excluding carboxylic acids is 3. The lowest BCUT2D eigenvalue weighted by Crippen LogP contribution is -2.69. The van der Waals surface area contributed by atoms with Gasteiger partial charge in [-0.25, -0.2) is 9.59 Å². The molecule has 134 valence electrons. The van der Waals surface area contributed by atoms with E-state index >= 15 is 0 Å². The highest BCUT2D eigenvalue weighted by Gasteiger charge is 2.52. The molecular weight excluding hydrogens is 334 g/mol. The van der Waals surface area contributed by atoms with Crippen LogP contribution in [0.25, 0.3) is 0 Å². The molecule has 2 atom stereocenters. The number of esters is 1. The van der Waals surface area contributed by atoms with Crippen LogP contribution in [0.4, 0.5) is 4.79 Å². The Labute approximate surface area is 145 Å². The number of rotatable bonds is 3. The van der Waals surface area contributed by atoms with Crippen LogP contribution in [0, 0.1) is 0 Å². The Balaban J connectivity index is 2.30. The molecule has 2 amide bonds. The average Bonchev–Trinajstić information content (AvgIpc) is 2.43. The van der Waals surface area contributed by atoms with Gasteiger partial charge in [0.05, 0.1) is 11.8 Å². The first-order valence-corrected chi connectivity index (χ1v) is 8.70.